The standard InChI is InChI=1S/C7H5Cl3O2/c8-5-3-1-2-4(12-3)7(9,10)6(5)11/h1-5H/t3-,4+,5-/m0/s1. The first-order chi connectivity index (χ1) is 5.53. The predicted octanol–water partition coefficient (Wildman–Crippen LogP) is 1.67. The Hall–Kier alpha value is 0.240. The van der Waals surface area contributed by atoms with Crippen LogP contribution in [0.5, 0.6) is 0 Å². The smallest absolute Gasteiger partial charge is 0.206 e. The molecule has 0 aromatic carbocycles. The quantitative estimate of drug-likeness (QED) is 0.465. The molecule has 12 heavy (non-hydrogen) atoms. The van der Waals surface area contributed by atoms with Crippen LogP contribution < -0.4 is 0 Å². The van der Waals surface area contributed by atoms with Gasteiger partial charge in [-0.05, 0) is 0 Å². The summed E-state index contributed by atoms with van der Waals surface area (Å²) in [4.78, 5) is 11.4. The Morgan fingerprint density at radius 1 is 1.42 bits per heavy atom. The Kier molecular flexibility index (Phi) is 1.92. The summed E-state index contributed by atoms with van der Waals surface area (Å²) >= 11 is 17.3. The second-order valence-corrected chi connectivity index (χ2v) is 4.65. The Bertz CT molecular complexity index is 261. The van der Waals surface area contributed by atoms with E-state index in [1.807, 2.05) is 0 Å². The molecule has 0 aromatic rings. The minimum Gasteiger partial charge on any atom is -0.361 e. The van der Waals surface area contributed by atoms with E-state index < -0.39 is 15.8 Å². The van der Waals surface area contributed by atoms with E-state index in [4.69, 9.17) is 39.5 Å². The summed E-state index contributed by atoms with van der Waals surface area (Å²) in [5, 5.41) is -0.769. The van der Waals surface area contributed by atoms with E-state index in [1.165, 1.54) is 0 Å². The second kappa shape index (κ2) is 2.61. The molecule has 0 N–H and O–H groups in total. The van der Waals surface area contributed by atoms with Crippen LogP contribution in [0.25, 0.3) is 0 Å². The fourth-order valence-corrected chi connectivity index (χ4v) is 2.23. The Morgan fingerprint density at radius 3 is 2.75 bits per heavy atom. The van der Waals surface area contributed by atoms with Gasteiger partial charge in [-0.3, -0.25) is 4.79 Å². The van der Waals surface area contributed by atoms with E-state index in [0.29, 0.717) is 0 Å². The molecule has 2 rings (SSSR count). The lowest BCUT2D eigenvalue weighted by atomic mass is 10.1. The first-order valence-electron chi connectivity index (χ1n) is 3.43. The molecule has 66 valence electrons. The minimum atomic E-state index is -1.52. The molecular formula is C7H5Cl3O2. The van der Waals surface area contributed by atoms with Gasteiger partial charge in [0, 0.05) is 0 Å². The van der Waals surface area contributed by atoms with E-state index in [0.717, 1.165) is 0 Å². The van der Waals surface area contributed by atoms with E-state index in [9.17, 15) is 4.79 Å². The number of carbonyl (C=O) groups is 1. The number of fused-ring (bicyclic) bond motifs is 2. The molecule has 0 radical (unpaired) electrons. The molecule has 2 bridgehead atoms. The lowest BCUT2D eigenvalue weighted by Gasteiger charge is -2.33. The SMILES string of the molecule is O=C1[C@@H](Cl)[C@@H]2C=C[C@@H](O2)C1(Cl)Cl. The summed E-state index contributed by atoms with van der Waals surface area (Å²) in [7, 11) is 0. The van der Waals surface area contributed by atoms with Crippen LogP contribution in [0.2, 0.25) is 0 Å². The van der Waals surface area contributed by atoms with Crippen LogP contribution in [-0.4, -0.2) is 27.7 Å². The zero-order chi connectivity index (χ0) is 8.93. The van der Waals surface area contributed by atoms with Gasteiger partial charge in [0.15, 0.2) is 5.78 Å². The van der Waals surface area contributed by atoms with Crippen molar-refractivity contribution >= 4 is 40.6 Å². The molecule has 3 atom stereocenters. The maximum absolute atomic E-state index is 11.4. The van der Waals surface area contributed by atoms with Crippen molar-refractivity contribution < 1.29 is 9.53 Å². The molecule has 0 aromatic heterocycles. The van der Waals surface area contributed by atoms with E-state index >= 15 is 0 Å². The summed E-state index contributed by atoms with van der Waals surface area (Å²) < 4.78 is 3.75. The lowest BCUT2D eigenvalue weighted by molar-refractivity contribution is -0.129. The normalized spacial score (nSPS) is 43.6. The first-order valence-corrected chi connectivity index (χ1v) is 4.62. The predicted molar refractivity (Wildman–Crippen MR) is 46.9 cm³/mol. The first kappa shape index (κ1) is 8.82. The third-order valence-electron chi connectivity index (χ3n) is 2.00. The van der Waals surface area contributed by atoms with Crippen molar-refractivity contribution in [3.05, 3.63) is 12.2 Å². The molecule has 0 spiro atoms. The fraction of sp³-hybridized carbons (Fsp3) is 0.571. The molecule has 2 aliphatic rings. The molecule has 5 heteroatoms. The van der Waals surface area contributed by atoms with Crippen molar-refractivity contribution in [2.24, 2.45) is 0 Å². The van der Waals surface area contributed by atoms with Gasteiger partial charge in [-0.25, -0.2) is 0 Å². The van der Waals surface area contributed by atoms with Crippen LogP contribution in [0.4, 0.5) is 0 Å². The van der Waals surface area contributed by atoms with Gasteiger partial charge in [0.05, 0.1) is 0 Å². The zero-order valence-corrected chi connectivity index (χ0v) is 8.10. The average Bonchev–Trinajstić information content (AvgIpc) is 2.46. The Morgan fingerprint density at radius 2 is 2.08 bits per heavy atom. The lowest BCUT2D eigenvalue weighted by Crippen LogP contribution is -2.51. The number of hydrogen-bond donors (Lipinski definition) is 0. The van der Waals surface area contributed by atoms with Crippen molar-refractivity contribution in [2.75, 3.05) is 0 Å². The molecule has 0 amide bonds. The molecule has 2 aliphatic heterocycles. The van der Waals surface area contributed by atoms with Crippen molar-refractivity contribution in [1.82, 2.24) is 0 Å². The summed E-state index contributed by atoms with van der Waals surface area (Å²) in [5.74, 6) is -0.376. The highest BCUT2D eigenvalue weighted by Gasteiger charge is 2.54. The van der Waals surface area contributed by atoms with Crippen LogP contribution in [0.1, 0.15) is 0 Å². The number of ether oxygens (including phenoxy) is 1. The van der Waals surface area contributed by atoms with Crippen LogP contribution in [0.3, 0.4) is 0 Å². The van der Waals surface area contributed by atoms with Crippen LogP contribution >= 0.6 is 34.8 Å². The summed E-state index contributed by atoms with van der Waals surface area (Å²) in [5.41, 5.74) is 0. The molecule has 2 heterocycles. The number of halogens is 3. The number of ketones is 1. The van der Waals surface area contributed by atoms with Gasteiger partial charge in [-0.15, -0.1) is 11.6 Å². The monoisotopic (exact) mass is 226 g/mol. The second-order valence-electron chi connectivity index (χ2n) is 2.80. The maximum atomic E-state index is 11.4. The molecule has 2 nitrogen and oxygen atoms in total. The number of alkyl halides is 3. The maximum Gasteiger partial charge on any atom is 0.206 e. The van der Waals surface area contributed by atoms with Gasteiger partial charge in [0.1, 0.15) is 17.6 Å². The zero-order valence-electron chi connectivity index (χ0n) is 5.84. The highest BCUT2D eigenvalue weighted by molar-refractivity contribution is 6.61. The number of Topliss-reactive ketones (excluding diaryl/α,β-unsaturated/α-hetero) is 1. The van der Waals surface area contributed by atoms with Crippen LogP contribution in [0.15, 0.2) is 12.2 Å². The largest absolute Gasteiger partial charge is 0.361 e. The minimum absolute atomic E-state index is 0.366. The molecular weight excluding hydrogens is 222 g/mol. The Balaban J connectivity index is 2.38. The third-order valence-corrected chi connectivity index (χ3v) is 3.25. The van der Waals surface area contributed by atoms with Gasteiger partial charge in [0.25, 0.3) is 0 Å². The fourth-order valence-electron chi connectivity index (χ4n) is 1.32. The van der Waals surface area contributed by atoms with Gasteiger partial charge >= 0.3 is 0 Å². The summed E-state index contributed by atoms with van der Waals surface area (Å²) in [6.07, 6.45) is 2.47. The summed E-state index contributed by atoms with van der Waals surface area (Å²) in [6.45, 7) is 0. The molecule has 1 saturated heterocycles. The highest BCUT2D eigenvalue weighted by Crippen LogP contribution is 2.41. The Labute approximate surface area is 84.4 Å². The number of rotatable bonds is 0. The van der Waals surface area contributed by atoms with Gasteiger partial charge in [0.2, 0.25) is 4.33 Å². The van der Waals surface area contributed by atoms with Crippen LogP contribution in [-0.2, 0) is 9.53 Å². The van der Waals surface area contributed by atoms with Gasteiger partial charge in [-0.2, -0.15) is 0 Å². The van der Waals surface area contributed by atoms with E-state index in [-0.39, 0.29) is 11.9 Å². The van der Waals surface area contributed by atoms with E-state index in [2.05, 4.69) is 0 Å². The van der Waals surface area contributed by atoms with Gasteiger partial charge < -0.3 is 4.74 Å². The van der Waals surface area contributed by atoms with E-state index in [1.54, 1.807) is 12.2 Å². The van der Waals surface area contributed by atoms with Crippen molar-refractivity contribution in [2.45, 2.75) is 21.9 Å². The van der Waals surface area contributed by atoms with Crippen molar-refractivity contribution in [1.29, 1.82) is 0 Å². The average molecular weight is 227 g/mol. The van der Waals surface area contributed by atoms with Crippen LogP contribution in [0, 0.1) is 0 Å². The molecule has 0 unspecified atom stereocenters. The third kappa shape index (κ3) is 1.02. The number of carbonyl (C=O) groups excluding carboxylic acids is 1. The molecule has 0 saturated carbocycles. The molecule has 1 fully saturated rings. The van der Waals surface area contributed by atoms with Crippen molar-refractivity contribution in [3.63, 3.8) is 0 Å². The summed E-state index contributed by atoms with van der Waals surface area (Å²) in [6, 6.07) is 0. The van der Waals surface area contributed by atoms with Crippen molar-refractivity contribution in [3.8, 4) is 0 Å². The molecule has 0 aliphatic carbocycles. The number of hydrogen-bond acceptors (Lipinski definition) is 2. The highest BCUT2D eigenvalue weighted by atomic mass is 35.5. The topological polar surface area (TPSA) is 26.3 Å². The van der Waals surface area contributed by atoms with Gasteiger partial charge in [-0.1, -0.05) is 35.4 Å².